The maximum Gasteiger partial charge on any atom is 0.338 e. The Bertz CT molecular complexity index is 861. The third-order valence-electron chi connectivity index (χ3n) is 3.58. The highest BCUT2D eigenvalue weighted by atomic mass is 32.1. The van der Waals surface area contributed by atoms with E-state index in [1.807, 2.05) is 30.3 Å². The Morgan fingerprint density at radius 2 is 1.96 bits per heavy atom. The molecule has 0 unspecified atom stereocenters. The topological polar surface area (TPSA) is 59.5 Å². The van der Waals surface area contributed by atoms with Crippen molar-refractivity contribution < 1.29 is 14.3 Å². The Kier molecular flexibility index (Phi) is 4.86. The molecule has 0 saturated carbocycles. The van der Waals surface area contributed by atoms with Crippen LogP contribution in [0.3, 0.4) is 0 Å². The summed E-state index contributed by atoms with van der Waals surface area (Å²) in [5, 5.41) is 0. The standard InChI is InChI=1S/C18H16N2O3S/c1-20(10-13-5-3-2-4-6-13)17(21)11-23-18(22)14-7-8-15-16(9-14)24-12-19-15/h2-9,12H,10-11H2,1H3. The Morgan fingerprint density at radius 1 is 1.17 bits per heavy atom. The number of hydrogen-bond acceptors (Lipinski definition) is 5. The Morgan fingerprint density at radius 3 is 2.75 bits per heavy atom. The second-order valence-electron chi connectivity index (χ2n) is 5.35. The molecular weight excluding hydrogens is 324 g/mol. The number of aromatic nitrogens is 1. The summed E-state index contributed by atoms with van der Waals surface area (Å²) < 4.78 is 6.04. The van der Waals surface area contributed by atoms with Gasteiger partial charge in [0.25, 0.3) is 5.91 Å². The van der Waals surface area contributed by atoms with Crippen LogP contribution in [0.2, 0.25) is 0 Å². The molecule has 0 aliphatic rings. The van der Waals surface area contributed by atoms with E-state index in [1.54, 1.807) is 30.8 Å². The molecule has 24 heavy (non-hydrogen) atoms. The van der Waals surface area contributed by atoms with Crippen LogP contribution in [0.1, 0.15) is 15.9 Å². The van der Waals surface area contributed by atoms with Gasteiger partial charge in [0.05, 0.1) is 21.3 Å². The Balaban J connectivity index is 1.56. The van der Waals surface area contributed by atoms with Crippen molar-refractivity contribution in [3.63, 3.8) is 0 Å². The SMILES string of the molecule is CN(Cc1ccccc1)C(=O)COC(=O)c1ccc2ncsc2c1. The predicted octanol–water partition coefficient (Wildman–Crippen LogP) is 3.11. The highest BCUT2D eigenvalue weighted by Crippen LogP contribution is 2.19. The minimum atomic E-state index is -0.508. The van der Waals surface area contributed by atoms with Gasteiger partial charge in [-0.2, -0.15) is 0 Å². The van der Waals surface area contributed by atoms with E-state index in [-0.39, 0.29) is 12.5 Å². The van der Waals surface area contributed by atoms with Crippen LogP contribution in [0.5, 0.6) is 0 Å². The van der Waals surface area contributed by atoms with Crippen LogP contribution in [0.25, 0.3) is 10.2 Å². The molecule has 1 aromatic heterocycles. The maximum atomic E-state index is 12.1. The van der Waals surface area contributed by atoms with E-state index < -0.39 is 5.97 Å². The molecule has 2 aromatic carbocycles. The van der Waals surface area contributed by atoms with Crippen LogP contribution in [0.4, 0.5) is 0 Å². The van der Waals surface area contributed by atoms with E-state index in [0.717, 1.165) is 15.8 Å². The number of likely N-dealkylation sites (N-methyl/N-ethyl adjacent to an activating group) is 1. The smallest absolute Gasteiger partial charge is 0.338 e. The fourth-order valence-electron chi connectivity index (χ4n) is 2.25. The summed E-state index contributed by atoms with van der Waals surface area (Å²) in [5.74, 6) is -0.752. The summed E-state index contributed by atoms with van der Waals surface area (Å²) in [6, 6.07) is 14.8. The van der Waals surface area contributed by atoms with Gasteiger partial charge < -0.3 is 9.64 Å². The first-order valence-corrected chi connectivity index (χ1v) is 8.30. The molecule has 0 bridgehead atoms. The van der Waals surface area contributed by atoms with E-state index in [4.69, 9.17) is 4.74 Å². The van der Waals surface area contributed by atoms with Gasteiger partial charge in [-0.25, -0.2) is 9.78 Å². The summed E-state index contributed by atoms with van der Waals surface area (Å²) >= 11 is 1.46. The molecule has 0 radical (unpaired) electrons. The number of nitrogens with zero attached hydrogens (tertiary/aromatic N) is 2. The van der Waals surface area contributed by atoms with Crippen molar-refractivity contribution in [1.82, 2.24) is 9.88 Å². The lowest BCUT2D eigenvalue weighted by molar-refractivity contribution is -0.133. The summed E-state index contributed by atoms with van der Waals surface area (Å²) in [7, 11) is 1.69. The minimum absolute atomic E-state index is 0.244. The molecule has 5 nitrogen and oxygen atoms in total. The number of benzene rings is 2. The maximum absolute atomic E-state index is 12.1. The van der Waals surface area contributed by atoms with Gasteiger partial charge in [0.1, 0.15) is 0 Å². The first-order valence-electron chi connectivity index (χ1n) is 7.42. The van der Waals surface area contributed by atoms with Gasteiger partial charge in [0, 0.05) is 13.6 Å². The molecule has 0 spiro atoms. The lowest BCUT2D eigenvalue weighted by Gasteiger charge is -2.17. The van der Waals surface area contributed by atoms with Crippen molar-refractivity contribution in [1.29, 1.82) is 0 Å². The van der Waals surface area contributed by atoms with Crippen LogP contribution in [-0.2, 0) is 16.1 Å². The number of carbonyl (C=O) groups is 2. The van der Waals surface area contributed by atoms with Gasteiger partial charge in [0.2, 0.25) is 0 Å². The van der Waals surface area contributed by atoms with Gasteiger partial charge in [0.15, 0.2) is 6.61 Å². The molecule has 1 amide bonds. The first kappa shape index (κ1) is 16.1. The van der Waals surface area contributed by atoms with Gasteiger partial charge >= 0.3 is 5.97 Å². The molecule has 0 aliphatic heterocycles. The first-order chi connectivity index (χ1) is 11.6. The summed E-state index contributed by atoms with van der Waals surface area (Å²) in [5.41, 5.74) is 4.01. The summed E-state index contributed by atoms with van der Waals surface area (Å²) in [4.78, 5) is 29.9. The van der Waals surface area contributed by atoms with E-state index in [2.05, 4.69) is 4.98 Å². The molecule has 3 aromatic rings. The molecule has 0 saturated heterocycles. The number of thiazole rings is 1. The number of carbonyl (C=O) groups excluding carboxylic acids is 2. The minimum Gasteiger partial charge on any atom is -0.452 e. The summed E-state index contributed by atoms with van der Waals surface area (Å²) in [6.07, 6.45) is 0. The average molecular weight is 340 g/mol. The second-order valence-corrected chi connectivity index (χ2v) is 6.23. The van der Waals surface area contributed by atoms with Crippen LogP contribution in [0, 0.1) is 0 Å². The van der Waals surface area contributed by atoms with Crippen LogP contribution < -0.4 is 0 Å². The van der Waals surface area contributed by atoms with Crippen LogP contribution >= 0.6 is 11.3 Å². The van der Waals surface area contributed by atoms with Crippen molar-refractivity contribution in [2.24, 2.45) is 0 Å². The molecule has 0 N–H and O–H groups in total. The van der Waals surface area contributed by atoms with Crippen LogP contribution in [-0.4, -0.2) is 35.4 Å². The van der Waals surface area contributed by atoms with Gasteiger partial charge in [-0.05, 0) is 23.8 Å². The Hall–Kier alpha value is -2.73. The van der Waals surface area contributed by atoms with Crippen molar-refractivity contribution in [3.05, 3.63) is 65.2 Å². The van der Waals surface area contributed by atoms with Gasteiger partial charge in [-0.15, -0.1) is 11.3 Å². The van der Waals surface area contributed by atoms with Crippen molar-refractivity contribution in [2.75, 3.05) is 13.7 Å². The summed E-state index contributed by atoms with van der Waals surface area (Å²) in [6.45, 7) is 0.201. The third kappa shape index (κ3) is 3.78. The zero-order chi connectivity index (χ0) is 16.9. The lowest BCUT2D eigenvalue weighted by atomic mass is 10.2. The quantitative estimate of drug-likeness (QED) is 0.670. The highest BCUT2D eigenvalue weighted by Gasteiger charge is 2.14. The van der Waals surface area contributed by atoms with Crippen molar-refractivity contribution in [2.45, 2.75) is 6.54 Å². The molecule has 1 heterocycles. The molecule has 0 fully saturated rings. The van der Waals surface area contributed by atoms with Crippen molar-refractivity contribution >= 4 is 33.4 Å². The monoisotopic (exact) mass is 340 g/mol. The largest absolute Gasteiger partial charge is 0.452 e. The number of fused-ring (bicyclic) bond motifs is 1. The predicted molar refractivity (Wildman–Crippen MR) is 92.8 cm³/mol. The van der Waals surface area contributed by atoms with Crippen molar-refractivity contribution in [3.8, 4) is 0 Å². The van der Waals surface area contributed by atoms with E-state index >= 15 is 0 Å². The van der Waals surface area contributed by atoms with Gasteiger partial charge in [-0.3, -0.25) is 4.79 Å². The van der Waals surface area contributed by atoms with Crippen LogP contribution in [0.15, 0.2) is 54.0 Å². The number of ether oxygens (including phenoxy) is 1. The number of hydrogen-bond donors (Lipinski definition) is 0. The highest BCUT2D eigenvalue weighted by molar-refractivity contribution is 7.16. The molecule has 0 aliphatic carbocycles. The third-order valence-corrected chi connectivity index (χ3v) is 4.37. The van der Waals surface area contributed by atoms with E-state index in [0.29, 0.717) is 12.1 Å². The number of amides is 1. The molecule has 6 heteroatoms. The fraction of sp³-hybridized carbons (Fsp3) is 0.167. The van der Waals surface area contributed by atoms with E-state index in [9.17, 15) is 9.59 Å². The lowest BCUT2D eigenvalue weighted by Crippen LogP contribution is -2.30. The zero-order valence-corrected chi connectivity index (χ0v) is 14.0. The number of rotatable bonds is 5. The van der Waals surface area contributed by atoms with Gasteiger partial charge in [-0.1, -0.05) is 30.3 Å². The molecule has 3 rings (SSSR count). The normalized spacial score (nSPS) is 10.5. The van der Waals surface area contributed by atoms with E-state index in [1.165, 1.54) is 16.2 Å². The molecule has 0 atom stereocenters. The average Bonchev–Trinajstić information content (AvgIpc) is 3.07. The number of esters is 1. The fourth-order valence-corrected chi connectivity index (χ4v) is 2.96. The molecular formula is C18H16N2O3S. The second kappa shape index (κ2) is 7.23. The zero-order valence-electron chi connectivity index (χ0n) is 13.1. The molecule has 122 valence electrons. The Labute approximate surface area is 143 Å².